The van der Waals surface area contributed by atoms with Gasteiger partial charge < -0.3 is 15.7 Å². The first-order valence-electron chi connectivity index (χ1n) is 4.73. The van der Waals surface area contributed by atoms with Crippen LogP contribution in [0.5, 0.6) is 0 Å². The zero-order valence-electron chi connectivity index (χ0n) is 8.69. The molecule has 0 spiro atoms. The van der Waals surface area contributed by atoms with Gasteiger partial charge >= 0.3 is 0 Å². The van der Waals surface area contributed by atoms with E-state index >= 15 is 0 Å². The fraction of sp³-hybridized carbons (Fsp3) is 0.889. The lowest BCUT2D eigenvalue weighted by Gasteiger charge is -2.27. The Kier molecular flexibility index (Phi) is 4.07. The van der Waals surface area contributed by atoms with Crippen molar-refractivity contribution in [2.45, 2.75) is 25.5 Å². The highest BCUT2D eigenvalue weighted by molar-refractivity contribution is 8.00. The summed E-state index contributed by atoms with van der Waals surface area (Å²) in [6.07, 6.45) is 0.921. The smallest absolute Gasteiger partial charge is 0.144 e. The molecule has 0 amide bonds. The molecule has 0 unspecified atom stereocenters. The quantitative estimate of drug-likeness (QED) is 0.316. The minimum atomic E-state index is -0.216. The summed E-state index contributed by atoms with van der Waals surface area (Å²) in [6, 6.07) is 0. The second kappa shape index (κ2) is 4.89. The van der Waals surface area contributed by atoms with Crippen molar-refractivity contribution in [2.24, 2.45) is 16.3 Å². The number of nitrogens with zero attached hydrogens (tertiary/aromatic N) is 1. The Hall–Kier alpha value is -0.420. The molecule has 1 aliphatic rings. The molecule has 0 aliphatic carbocycles. The maximum atomic E-state index is 8.57. The Morgan fingerprint density at radius 1 is 1.64 bits per heavy atom. The molecule has 82 valence electrons. The van der Waals surface area contributed by atoms with E-state index in [-0.39, 0.29) is 5.41 Å². The molecule has 5 heteroatoms. The number of rotatable bonds is 5. The summed E-state index contributed by atoms with van der Waals surface area (Å²) in [5.41, 5.74) is 5.36. The molecule has 0 atom stereocenters. The van der Waals surface area contributed by atoms with Crippen LogP contribution in [0.1, 0.15) is 20.3 Å². The third kappa shape index (κ3) is 3.06. The van der Waals surface area contributed by atoms with Crippen LogP contribution in [0.4, 0.5) is 0 Å². The van der Waals surface area contributed by atoms with Crippen LogP contribution in [-0.2, 0) is 4.74 Å². The first-order valence-corrected chi connectivity index (χ1v) is 5.78. The monoisotopic (exact) mass is 218 g/mol. The molecule has 0 saturated carbocycles. The van der Waals surface area contributed by atoms with E-state index in [1.807, 2.05) is 25.6 Å². The Bertz CT molecular complexity index is 215. The van der Waals surface area contributed by atoms with Crippen molar-refractivity contribution in [3.05, 3.63) is 0 Å². The molecule has 3 N–H and O–H groups in total. The molecule has 1 heterocycles. The van der Waals surface area contributed by atoms with Gasteiger partial charge in [-0.2, -0.15) is 11.8 Å². The van der Waals surface area contributed by atoms with E-state index in [0.29, 0.717) is 11.1 Å². The minimum absolute atomic E-state index is 0.216. The number of hydrogen-bond donors (Lipinski definition) is 2. The average Bonchev–Trinajstić information content (AvgIpc) is 2.08. The molecule has 1 fully saturated rings. The van der Waals surface area contributed by atoms with Gasteiger partial charge in [0.1, 0.15) is 5.84 Å². The molecule has 1 rings (SSSR count). The summed E-state index contributed by atoms with van der Waals surface area (Å²) < 4.78 is 5.08. The van der Waals surface area contributed by atoms with Crippen LogP contribution in [0.15, 0.2) is 5.16 Å². The number of oxime groups is 1. The van der Waals surface area contributed by atoms with Crippen LogP contribution >= 0.6 is 11.8 Å². The molecule has 1 saturated heterocycles. The van der Waals surface area contributed by atoms with Gasteiger partial charge in [0.05, 0.1) is 18.5 Å². The van der Waals surface area contributed by atoms with Crippen LogP contribution in [-0.4, -0.2) is 35.3 Å². The largest absolute Gasteiger partial charge is 0.409 e. The Balaban J connectivity index is 2.21. The maximum absolute atomic E-state index is 8.57. The Morgan fingerprint density at radius 2 is 2.29 bits per heavy atom. The summed E-state index contributed by atoms with van der Waals surface area (Å²) in [7, 11) is 0. The number of hydrogen-bond acceptors (Lipinski definition) is 4. The standard InChI is InChI=1S/C9H18N2O2S/c1-9(2,8(10)11-12)3-4-14-7-5-13-6-7/h7,12H,3-6H2,1-2H3,(H2,10,11). The van der Waals surface area contributed by atoms with Gasteiger partial charge in [-0.3, -0.25) is 0 Å². The van der Waals surface area contributed by atoms with Crippen LogP contribution < -0.4 is 5.73 Å². The first-order chi connectivity index (χ1) is 6.56. The maximum Gasteiger partial charge on any atom is 0.144 e. The number of ether oxygens (including phenoxy) is 1. The van der Waals surface area contributed by atoms with Crippen LogP contribution in [0, 0.1) is 5.41 Å². The molecule has 0 aromatic heterocycles. The molecule has 0 aromatic rings. The second-order valence-electron chi connectivity index (χ2n) is 4.15. The zero-order valence-corrected chi connectivity index (χ0v) is 9.51. The average molecular weight is 218 g/mol. The minimum Gasteiger partial charge on any atom is -0.409 e. The predicted octanol–water partition coefficient (Wildman–Crippen LogP) is 1.28. The summed E-state index contributed by atoms with van der Waals surface area (Å²) in [5, 5.41) is 12.3. The highest BCUT2D eigenvalue weighted by Crippen LogP contribution is 2.26. The summed E-state index contributed by atoms with van der Waals surface area (Å²) in [6.45, 7) is 5.71. The van der Waals surface area contributed by atoms with Crippen molar-refractivity contribution >= 4 is 17.6 Å². The van der Waals surface area contributed by atoms with Crippen molar-refractivity contribution in [3.8, 4) is 0 Å². The van der Waals surface area contributed by atoms with Crippen molar-refractivity contribution in [2.75, 3.05) is 19.0 Å². The summed E-state index contributed by atoms with van der Waals surface area (Å²) in [5.74, 6) is 1.33. The fourth-order valence-electron chi connectivity index (χ4n) is 1.05. The van der Waals surface area contributed by atoms with Crippen LogP contribution in [0.3, 0.4) is 0 Å². The molecule has 0 aromatic carbocycles. The van der Waals surface area contributed by atoms with Crippen molar-refractivity contribution in [1.82, 2.24) is 0 Å². The molecule has 1 aliphatic heterocycles. The van der Waals surface area contributed by atoms with Gasteiger partial charge in [-0.25, -0.2) is 0 Å². The van der Waals surface area contributed by atoms with Gasteiger partial charge in [0.15, 0.2) is 0 Å². The number of amidine groups is 1. The van der Waals surface area contributed by atoms with E-state index in [4.69, 9.17) is 15.7 Å². The van der Waals surface area contributed by atoms with Crippen LogP contribution in [0.2, 0.25) is 0 Å². The van der Waals surface area contributed by atoms with E-state index in [1.165, 1.54) is 0 Å². The predicted molar refractivity (Wildman–Crippen MR) is 58.9 cm³/mol. The molecule has 0 radical (unpaired) electrons. The molecular formula is C9H18N2O2S. The highest BCUT2D eigenvalue weighted by Gasteiger charge is 2.25. The van der Waals surface area contributed by atoms with Crippen molar-refractivity contribution < 1.29 is 9.94 Å². The summed E-state index contributed by atoms with van der Waals surface area (Å²) >= 11 is 1.90. The van der Waals surface area contributed by atoms with E-state index in [2.05, 4.69) is 5.16 Å². The molecule has 0 bridgehead atoms. The third-order valence-electron chi connectivity index (χ3n) is 2.49. The lowest BCUT2D eigenvalue weighted by Crippen LogP contribution is -2.34. The fourth-order valence-corrected chi connectivity index (χ4v) is 2.40. The third-order valence-corrected chi connectivity index (χ3v) is 3.67. The van der Waals surface area contributed by atoms with Gasteiger partial charge in [-0.05, 0) is 12.2 Å². The van der Waals surface area contributed by atoms with Gasteiger partial charge in [0, 0.05) is 5.41 Å². The molecule has 14 heavy (non-hydrogen) atoms. The van der Waals surface area contributed by atoms with Crippen molar-refractivity contribution in [1.29, 1.82) is 0 Å². The second-order valence-corrected chi connectivity index (χ2v) is 5.56. The number of nitrogens with two attached hydrogens (primary N) is 1. The van der Waals surface area contributed by atoms with Gasteiger partial charge in [-0.15, -0.1) is 0 Å². The summed E-state index contributed by atoms with van der Waals surface area (Å²) in [4.78, 5) is 0. The van der Waals surface area contributed by atoms with Gasteiger partial charge in [-0.1, -0.05) is 19.0 Å². The molecular weight excluding hydrogens is 200 g/mol. The van der Waals surface area contributed by atoms with E-state index in [0.717, 1.165) is 25.4 Å². The van der Waals surface area contributed by atoms with E-state index in [1.54, 1.807) is 0 Å². The molecule has 4 nitrogen and oxygen atoms in total. The van der Waals surface area contributed by atoms with E-state index < -0.39 is 0 Å². The number of thioether (sulfide) groups is 1. The SMILES string of the molecule is CC(C)(CCSC1COC1)C(N)=NO. The zero-order chi connectivity index (χ0) is 10.6. The van der Waals surface area contributed by atoms with Gasteiger partial charge in [0.25, 0.3) is 0 Å². The Morgan fingerprint density at radius 3 is 2.71 bits per heavy atom. The normalized spacial score (nSPS) is 19.4. The van der Waals surface area contributed by atoms with E-state index in [9.17, 15) is 0 Å². The topological polar surface area (TPSA) is 67.8 Å². The first kappa shape index (κ1) is 11.7. The van der Waals surface area contributed by atoms with Gasteiger partial charge in [0.2, 0.25) is 0 Å². The van der Waals surface area contributed by atoms with Crippen molar-refractivity contribution in [3.63, 3.8) is 0 Å². The lowest BCUT2D eigenvalue weighted by molar-refractivity contribution is 0.0455. The lowest BCUT2D eigenvalue weighted by atomic mass is 9.89. The highest BCUT2D eigenvalue weighted by atomic mass is 32.2. The Labute approximate surface area is 88.9 Å². The van der Waals surface area contributed by atoms with Crippen LogP contribution in [0.25, 0.3) is 0 Å².